The molecule has 120 valence electrons. The summed E-state index contributed by atoms with van der Waals surface area (Å²) < 4.78 is 0. The van der Waals surface area contributed by atoms with E-state index >= 15 is 0 Å². The van der Waals surface area contributed by atoms with Gasteiger partial charge in [0, 0.05) is 17.8 Å². The molecule has 7 heteroatoms. The molecule has 0 bridgehead atoms. The van der Waals surface area contributed by atoms with Crippen LogP contribution in [0.3, 0.4) is 0 Å². The van der Waals surface area contributed by atoms with Crippen molar-refractivity contribution in [3.8, 4) is 0 Å². The first-order valence-electron chi connectivity index (χ1n) is 7.76. The Hall–Kier alpha value is -1.70. The van der Waals surface area contributed by atoms with Gasteiger partial charge in [-0.3, -0.25) is 9.69 Å². The third-order valence-electron chi connectivity index (χ3n) is 4.57. The van der Waals surface area contributed by atoms with Crippen LogP contribution in [-0.4, -0.2) is 54.9 Å². The fraction of sp³-hybridized carbons (Fsp3) is 0.600. The number of fused-ring (bicyclic) bond motifs is 1. The molecule has 4 atom stereocenters. The molecule has 2 aromatic rings. The van der Waals surface area contributed by atoms with Gasteiger partial charge in [0.15, 0.2) is 0 Å². The molecule has 0 amide bonds. The lowest BCUT2D eigenvalue weighted by Gasteiger charge is -2.29. The minimum Gasteiger partial charge on any atom is -0.389 e. The van der Waals surface area contributed by atoms with E-state index in [-0.39, 0.29) is 17.6 Å². The normalized spacial score (nSPS) is 29.5. The zero-order valence-electron chi connectivity index (χ0n) is 12.8. The molecule has 1 aliphatic rings. The van der Waals surface area contributed by atoms with Crippen LogP contribution in [0, 0.1) is 0 Å². The Morgan fingerprint density at radius 2 is 2.05 bits per heavy atom. The van der Waals surface area contributed by atoms with Gasteiger partial charge < -0.3 is 20.2 Å². The molecule has 0 aromatic carbocycles. The maximum absolute atomic E-state index is 11.8. The van der Waals surface area contributed by atoms with Crippen molar-refractivity contribution < 1.29 is 10.2 Å². The summed E-state index contributed by atoms with van der Waals surface area (Å²) in [5, 5.41) is 20.9. The first-order chi connectivity index (χ1) is 10.6. The van der Waals surface area contributed by atoms with Gasteiger partial charge in [0.1, 0.15) is 17.1 Å². The Morgan fingerprint density at radius 1 is 1.27 bits per heavy atom. The van der Waals surface area contributed by atoms with E-state index in [1.807, 2.05) is 6.92 Å². The van der Waals surface area contributed by atoms with Crippen molar-refractivity contribution >= 4 is 11.0 Å². The molecule has 1 saturated heterocycles. The van der Waals surface area contributed by atoms with E-state index in [0.29, 0.717) is 11.0 Å². The van der Waals surface area contributed by atoms with Crippen LogP contribution in [0.4, 0.5) is 0 Å². The van der Waals surface area contributed by atoms with Gasteiger partial charge in [-0.2, -0.15) is 0 Å². The summed E-state index contributed by atoms with van der Waals surface area (Å²) in [6.45, 7) is 4.84. The summed E-state index contributed by atoms with van der Waals surface area (Å²) in [5.74, 6) is 0. The number of aliphatic hydroxyl groups is 2. The summed E-state index contributed by atoms with van der Waals surface area (Å²) in [4.78, 5) is 23.7. The molecule has 22 heavy (non-hydrogen) atoms. The number of H-pyrrole nitrogens is 2. The van der Waals surface area contributed by atoms with Gasteiger partial charge in [0.2, 0.25) is 0 Å². The predicted molar refractivity (Wildman–Crippen MR) is 82.5 cm³/mol. The molecule has 7 nitrogen and oxygen atoms in total. The number of aromatic nitrogens is 3. The summed E-state index contributed by atoms with van der Waals surface area (Å²) >= 11 is 0. The highest BCUT2D eigenvalue weighted by atomic mass is 16.3. The van der Waals surface area contributed by atoms with Crippen LogP contribution in [0.1, 0.15) is 38.3 Å². The second-order valence-corrected chi connectivity index (χ2v) is 5.84. The summed E-state index contributed by atoms with van der Waals surface area (Å²) in [7, 11) is 0. The molecule has 3 rings (SSSR count). The molecule has 0 aliphatic carbocycles. The minimum atomic E-state index is -0.892. The van der Waals surface area contributed by atoms with Crippen LogP contribution in [-0.2, 0) is 0 Å². The molecular weight excluding hydrogens is 284 g/mol. The Kier molecular flexibility index (Phi) is 4.03. The lowest BCUT2D eigenvalue weighted by atomic mass is 10.0. The van der Waals surface area contributed by atoms with Crippen LogP contribution in [0.25, 0.3) is 11.0 Å². The fourth-order valence-electron chi connectivity index (χ4n) is 3.61. The van der Waals surface area contributed by atoms with E-state index in [4.69, 9.17) is 0 Å². The van der Waals surface area contributed by atoms with Crippen molar-refractivity contribution in [1.29, 1.82) is 0 Å². The lowest BCUT2D eigenvalue weighted by Crippen LogP contribution is -2.36. The number of nitrogens with zero attached hydrogens (tertiary/aromatic N) is 2. The third-order valence-corrected chi connectivity index (χ3v) is 4.57. The highest BCUT2D eigenvalue weighted by Crippen LogP contribution is 2.39. The molecule has 3 heterocycles. The van der Waals surface area contributed by atoms with E-state index in [0.717, 1.165) is 24.9 Å². The second-order valence-electron chi connectivity index (χ2n) is 5.84. The highest BCUT2D eigenvalue weighted by Gasteiger charge is 2.47. The van der Waals surface area contributed by atoms with Crippen molar-refractivity contribution in [3.63, 3.8) is 0 Å². The van der Waals surface area contributed by atoms with Gasteiger partial charge >= 0.3 is 0 Å². The zero-order chi connectivity index (χ0) is 15.9. The zero-order valence-corrected chi connectivity index (χ0v) is 12.8. The SMILES string of the molecule is CCCN1[C@H](CC)[C@@H](O)[C@@H](O)[C@@H]1c1c[nH]c2c(=O)[nH]cnc12. The maximum atomic E-state index is 11.8. The minimum absolute atomic E-state index is 0.0908. The molecule has 0 saturated carbocycles. The van der Waals surface area contributed by atoms with Crippen molar-refractivity contribution in [2.24, 2.45) is 0 Å². The number of hydrogen-bond acceptors (Lipinski definition) is 5. The Bertz CT molecular complexity index is 710. The number of likely N-dealkylation sites (tertiary alicyclic amines) is 1. The Labute approximate surface area is 128 Å². The summed E-state index contributed by atoms with van der Waals surface area (Å²) in [6.07, 6.45) is 3.06. The van der Waals surface area contributed by atoms with E-state index in [2.05, 4.69) is 26.8 Å². The molecular formula is C15H22N4O3. The lowest BCUT2D eigenvalue weighted by molar-refractivity contribution is 0.0276. The molecule has 2 aromatic heterocycles. The number of rotatable bonds is 4. The van der Waals surface area contributed by atoms with Gasteiger partial charge in [-0.05, 0) is 19.4 Å². The van der Waals surface area contributed by atoms with Gasteiger partial charge in [-0.15, -0.1) is 0 Å². The number of hydrogen-bond donors (Lipinski definition) is 4. The van der Waals surface area contributed by atoms with Crippen LogP contribution in [0.2, 0.25) is 0 Å². The second kappa shape index (κ2) is 5.83. The number of aromatic amines is 2. The van der Waals surface area contributed by atoms with Crippen molar-refractivity contribution in [3.05, 3.63) is 28.4 Å². The monoisotopic (exact) mass is 306 g/mol. The van der Waals surface area contributed by atoms with Crippen LogP contribution < -0.4 is 5.56 Å². The van der Waals surface area contributed by atoms with Crippen LogP contribution in [0.5, 0.6) is 0 Å². The first-order valence-corrected chi connectivity index (χ1v) is 7.76. The van der Waals surface area contributed by atoms with Gasteiger partial charge in [0.25, 0.3) is 5.56 Å². The number of nitrogens with one attached hydrogen (secondary N) is 2. The van der Waals surface area contributed by atoms with E-state index in [1.165, 1.54) is 6.33 Å². The standard InChI is InChI=1S/C15H22N4O3/c1-3-5-19-9(4-2)13(20)14(21)12(19)8-6-16-11-10(8)17-7-18-15(11)22/h6-7,9,12-14,16,20-21H,3-5H2,1-2H3,(H,17,18,22)/t9-,12+,13-,14+/m1/s1. The molecule has 4 N–H and O–H groups in total. The smallest absolute Gasteiger partial charge is 0.275 e. The summed E-state index contributed by atoms with van der Waals surface area (Å²) in [5.41, 5.74) is 1.48. The van der Waals surface area contributed by atoms with Gasteiger partial charge in [-0.1, -0.05) is 13.8 Å². The quantitative estimate of drug-likeness (QED) is 0.659. The predicted octanol–water partition coefficient (Wildman–Crippen LogP) is 0.518. The Balaban J connectivity index is 2.10. The van der Waals surface area contributed by atoms with Crippen LogP contribution >= 0.6 is 0 Å². The van der Waals surface area contributed by atoms with Crippen molar-refractivity contribution in [2.45, 2.75) is 51.0 Å². The summed E-state index contributed by atoms with van der Waals surface area (Å²) in [6, 6.07) is -0.449. The van der Waals surface area contributed by atoms with E-state index in [9.17, 15) is 15.0 Å². The largest absolute Gasteiger partial charge is 0.389 e. The molecule has 1 aliphatic heterocycles. The average molecular weight is 306 g/mol. The van der Waals surface area contributed by atoms with E-state index in [1.54, 1.807) is 6.20 Å². The molecule has 1 fully saturated rings. The van der Waals surface area contributed by atoms with Crippen LogP contribution in [0.15, 0.2) is 17.3 Å². The molecule has 0 radical (unpaired) electrons. The molecule has 0 spiro atoms. The van der Waals surface area contributed by atoms with Crippen molar-refractivity contribution in [2.75, 3.05) is 6.54 Å². The Morgan fingerprint density at radius 3 is 2.73 bits per heavy atom. The fourth-order valence-corrected chi connectivity index (χ4v) is 3.61. The van der Waals surface area contributed by atoms with Gasteiger partial charge in [-0.25, -0.2) is 4.98 Å². The van der Waals surface area contributed by atoms with E-state index < -0.39 is 12.2 Å². The molecule has 0 unspecified atom stereocenters. The topological polar surface area (TPSA) is 105 Å². The maximum Gasteiger partial charge on any atom is 0.275 e. The number of aliphatic hydroxyl groups excluding tert-OH is 2. The highest BCUT2D eigenvalue weighted by molar-refractivity contribution is 5.78. The first kappa shape index (κ1) is 15.2. The average Bonchev–Trinajstić information content (AvgIpc) is 3.02. The third kappa shape index (κ3) is 2.16. The van der Waals surface area contributed by atoms with Gasteiger partial charge in [0.05, 0.1) is 18.5 Å². The van der Waals surface area contributed by atoms with Crippen molar-refractivity contribution in [1.82, 2.24) is 19.9 Å².